The van der Waals surface area contributed by atoms with Crippen molar-refractivity contribution in [3.05, 3.63) is 35.9 Å². The Kier molecular flexibility index (Phi) is 9.38. The summed E-state index contributed by atoms with van der Waals surface area (Å²) in [4.78, 5) is 12.3. The van der Waals surface area contributed by atoms with Crippen LogP contribution in [0.4, 0.5) is 0 Å². The van der Waals surface area contributed by atoms with Crippen LogP contribution >= 0.6 is 12.4 Å². The number of hydrogen-bond acceptors (Lipinski definition) is 2. The Morgan fingerprint density at radius 2 is 1.96 bits per heavy atom. The summed E-state index contributed by atoms with van der Waals surface area (Å²) in [6, 6.07) is 10.5. The Morgan fingerprint density at radius 1 is 1.25 bits per heavy atom. The second kappa shape index (κ2) is 10.7. The Bertz CT molecular complexity index is 472. The molecule has 3 unspecified atom stereocenters. The standard InChI is InChI=1S/C20H32N2O.ClH/c1-15(2)19(17-8-5-4-6-9-17)14-22-20(23)12-16(3)18-10-7-11-21-13-18;/h4-6,8-9,15-16,18-19,21H,7,10-14H2,1-3H3,(H,22,23);1H. The highest BCUT2D eigenvalue weighted by Gasteiger charge is 2.23. The topological polar surface area (TPSA) is 41.1 Å². The average Bonchev–Trinajstić information content (AvgIpc) is 2.56. The van der Waals surface area contributed by atoms with Gasteiger partial charge in [-0.3, -0.25) is 4.79 Å². The van der Waals surface area contributed by atoms with Gasteiger partial charge in [-0.2, -0.15) is 0 Å². The first kappa shape index (κ1) is 21.0. The predicted octanol–water partition coefficient (Wildman–Crippen LogP) is 3.99. The molecular weight excluding hydrogens is 320 g/mol. The van der Waals surface area contributed by atoms with Crippen LogP contribution < -0.4 is 10.6 Å². The van der Waals surface area contributed by atoms with E-state index in [1.54, 1.807) is 0 Å². The summed E-state index contributed by atoms with van der Waals surface area (Å²) in [6.07, 6.45) is 3.13. The maximum atomic E-state index is 12.3. The molecule has 0 aliphatic carbocycles. The Balaban J connectivity index is 0.00000288. The van der Waals surface area contributed by atoms with Gasteiger partial charge >= 0.3 is 0 Å². The second-order valence-electron chi connectivity index (χ2n) is 7.35. The number of piperidine rings is 1. The van der Waals surface area contributed by atoms with Gasteiger partial charge in [0, 0.05) is 18.9 Å². The van der Waals surface area contributed by atoms with E-state index in [2.05, 4.69) is 55.7 Å². The Hall–Kier alpha value is -1.06. The summed E-state index contributed by atoms with van der Waals surface area (Å²) in [7, 11) is 0. The third-order valence-corrected chi connectivity index (χ3v) is 5.20. The van der Waals surface area contributed by atoms with E-state index in [0.717, 1.165) is 19.6 Å². The molecular formula is C20H33ClN2O. The molecule has 3 nitrogen and oxygen atoms in total. The predicted molar refractivity (Wildman–Crippen MR) is 104 cm³/mol. The minimum absolute atomic E-state index is 0. The van der Waals surface area contributed by atoms with Gasteiger partial charge in [-0.25, -0.2) is 0 Å². The molecule has 1 heterocycles. The van der Waals surface area contributed by atoms with Crippen molar-refractivity contribution in [1.29, 1.82) is 0 Å². The Morgan fingerprint density at radius 3 is 2.54 bits per heavy atom. The van der Waals surface area contributed by atoms with Crippen LogP contribution in [0.15, 0.2) is 30.3 Å². The molecule has 24 heavy (non-hydrogen) atoms. The van der Waals surface area contributed by atoms with E-state index in [0.29, 0.717) is 30.1 Å². The van der Waals surface area contributed by atoms with Crippen molar-refractivity contribution in [3.63, 3.8) is 0 Å². The number of rotatable bonds is 7. The molecule has 1 amide bonds. The number of hydrogen-bond donors (Lipinski definition) is 2. The molecule has 0 radical (unpaired) electrons. The second-order valence-corrected chi connectivity index (χ2v) is 7.35. The van der Waals surface area contributed by atoms with Crippen molar-refractivity contribution in [2.45, 2.75) is 46.0 Å². The van der Waals surface area contributed by atoms with Crippen molar-refractivity contribution in [2.75, 3.05) is 19.6 Å². The van der Waals surface area contributed by atoms with Crippen LogP contribution in [-0.4, -0.2) is 25.5 Å². The lowest BCUT2D eigenvalue weighted by Gasteiger charge is -2.28. The zero-order chi connectivity index (χ0) is 16.7. The summed E-state index contributed by atoms with van der Waals surface area (Å²) in [5.41, 5.74) is 1.31. The van der Waals surface area contributed by atoms with Crippen molar-refractivity contribution in [3.8, 4) is 0 Å². The van der Waals surface area contributed by atoms with Crippen molar-refractivity contribution in [1.82, 2.24) is 10.6 Å². The fourth-order valence-electron chi connectivity index (χ4n) is 3.56. The minimum atomic E-state index is 0. The first-order valence-corrected chi connectivity index (χ1v) is 9.10. The van der Waals surface area contributed by atoms with E-state index < -0.39 is 0 Å². The fourth-order valence-corrected chi connectivity index (χ4v) is 3.56. The highest BCUT2D eigenvalue weighted by atomic mass is 35.5. The Labute approximate surface area is 153 Å². The maximum Gasteiger partial charge on any atom is 0.220 e. The van der Waals surface area contributed by atoms with Crippen molar-refractivity contribution >= 4 is 18.3 Å². The van der Waals surface area contributed by atoms with Crippen molar-refractivity contribution in [2.24, 2.45) is 17.8 Å². The lowest BCUT2D eigenvalue weighted by molar-refractivity contribution is -0.122. The van der Waals surface area contributed by atoms with Gasteiger partial charge in [-0.05, 0) is 49.2 Å². The number of halogens is 1. The lowest BCUT2D eigenvalue weighted by atomic mass is 9.85. The molecule has 0 aromatic heterocycles. The van der Waals surface area contributed by atoms with Crippen LogP contribution in [0.1, 0.15) is 51.5 Å². The molecule has 1 aliphatic rings. The van der Waals surface area contributed by atoms with Gasteiger partial charge < -0.3 is 10.6 Å². The first-order chi connectivity index (χ1) is 11.1. The molecule has 1 aromatic carbocycles. The molecule has 136 valence electrons. The summed E-state index contributed by atoms with van der Waals surface area (Å²) in [5.74, 6) is 2.19. The molecule has 0 bridgehead atoms. The largest absolute Gasteiger partial charge is 0.355 e. The first-order valence-electron chi connectivity index (χ1n) is 9.10. The average molecular weight is 353 g/mol. The van der Waals surface area contributed by atoms with Gasteiger partial charge in [-0.15, -0.1) is 12.4 Å². The van der Waals surface area contributed by atoms with Crippen LogP contribution in [0.25, 0.3) is 0 Å². The van der Waals surface area contributed by atoms with Crippen LogP contribution in [0.3, 0.4) is 0 Å². The molecule has 3 atom stereocenters. The number of amides is 1. The van der Waals surface area contributed by atoms with Gasteiger partial charge in [-0.1, -0.05) is 51.1 Å². The summed E-state index contributed by atoms with van der Waals surface area (Å²) in [6.45, 7) is 9.58. The maximum absolute atomic E-state index is 12.3. The molecule has 2 N–H and O–H groups in total. The quantitative estimate of drug-likeness (QED) is 0.779. The van der Waals surface area contributed by atoms with E-state index in [1.807, 2.05) is 6.07 Å². The van der Waals surface area contributed by atoms with E-state index >= 15 is 0 Å². The highest BCUT2D eigenvalue weighted by Crippen LogP contribution is 2.24. The van der Waals surface area contributed by atoms with Crippen molar-refractivity contribution < 1.29 is 4.79 Å². The molecule has 1 aromatic rings. The molecule has 1 aliphatic heterocycles. The molecule has 0 spiro atoms. The molecule has 2 rings (SSSR count). The fraction of sp³-hybridized carbons (Fsp3) is 0.650. The molecule has 4 heteroatoms. The summed E-state index contributed by atoms with van der Waals surface area (Å²) >= 11 is 0. The van der Waals surface area contributed by atoms with Gasteiger partial charge in [0.05, 0.1) is 0 Å². The number of carbonyl (C=O) groups excluding carboxylic acids is 1. The minimum Gasteiger partial charge on any atom is -0.355 e. The third-order valence-electron chi connectivity index (χ3n) is 5.20. The van der Waals surface area contributed by atoms with E-state index in [1.165, 1.54) is 18.4 Å². The van der Waals surface area contributed by atoms with Crippen LogP contribution in [0.2, 0.25) is 0 Å². The highest BCUT2D eigenvalue weighted by molar-refractivity contribution is 5.85. The van der Waals surface area contributed by atoms with Gasteiger partial charge in [0.15, 0.2) is 0 Å². The number of benzene rings is 1. The summed E-state index contributed by atoms with van der Waals surface area (Å²) in [5, 5.41) is 6.62. The van der Waals surface area contributed by atoms with E-state index in [4.69, 9.17) is 0 Å². The normalized spacial score (nSPS) is 20.1. The molecule has 1 fully saturated rings. The molecule has 0 saturated carbocycles. The van der Waals surface area contributed by atoms with E-state index in [9.17, 15) is 4.79 Å². The van der Waals surface area contributed by atoms with Gasteiger partial charge in [0.25, 0.3) is 0 Å². The number of nitrogens with one attached hydrogen (secondary N) is 2. The summed E-state index contributed by atoms with van der Waals surface area (Å²) < 4.78 is 0. The molecule has 1 saturated heterocycles. The van der Waals surface area contributed by atoms with Gasteiger partial charge in [0.2, 0.25) is 5.91 Å². The van der Waals surface area contributed by atoms with E-state index in [-0.39, 0.29) is 18.3 Å². The van der Waals surface area contributed by atoms with Crippen LogP contribution in [0.5, 0.6) is 0 Å². The van der Waals surface area contributed by atoms with Crippen LogP contribution in [-0.2, 0) is 4.79 Å². The zero-order valence-corrected chi connectivity index (χ0v) is 16.1. The smallest absolute Gasteiger partial charge is 0.220 e. The monoisotopic (exact) mass is 352 g/mol. The number of carbonyl (C=O) groups is 1. The SMILES string of the molecule is CC(C)C(CNC(=O)CC(C)C1CCCNC1)c1ccccc1.Cl. The van der Waals surface area contributed by atoms with Crippen LogP contribution in [0, 0.1) is 17.8 Å². The zero-order valence-electron chi connectivity index (χ0n) is 15.3. The van der Waals surface area contributed by atoms with Gasteiger partial charge in [0.1, 0.15) is 0 Å². The third kappa shape index (κ3) is 6.45. The lowest BCUT2D eigenvalue weighted by Crippen LogP contribution is -2.36.